The highest BCUT2D eigenvalue weighted by atomic mass is 16.5. The maximum Gasteiger partial charge on any atom is 0.335 e. The molecule has 112 valence electrons. The first-order valence-corrected chi connectivity index (χ1v) is 6.85. The van der Waals surface area contributed by atoms with Gasteiger partial charge in [0.1, 0.15) is 6.61 Å². The molecular formula is C18H16O4. The van der Waals surface area contributed by atoms with Gasteiger partial charge in [0, 0.05) is 0 Å². The van der Waals surface area contributed by atoms with Crippen LogP contribution in [0.2, 0.25) is 0 Å². The van der Waals surface area contributed by atoms with Crippen LogP contribution in [0.3, 0.4) is 0 Å². The van der Waals surface area contributed by atoms with Crippen molar-refractivity contribution in [2.75, 3.05) is 0 Å². The van der Waals surface area contributed by atoms with Crippen LogP contribution in [0, 0.1) is 0 Å². The SMILES string of the molecule is O=C(C/C=C(/C(=O)O)c1ccccc1)OCc1ccccc1. The topological polar surface area (TPSA) is 63.6 Å². The fourth-order valence-corrected chi connectivity index (χ4v) is 1.93. The normalized spacial score (nSPS) is 11.0. The molecule has 0 aliphatic heterocycles. The number of carboxylic acid groups (broad SMARTS) is 1. The monoisotopic (exact) mass is 296 g/mol. The molecule has 22 heavy (non-hydrogen) atoms. The quantitative estimate of drug-likeness (QED) is 0.656. The molecule has 0 fully saturated rings. The van der Waals surface area contributed by atoms with E-state index in [1.54, 1.807) is 30.3 Å². The van der Waals surface area contributed by atoms with Gasteiger partial charge < -0.3 is 9.84 Å². The summed E-state index contributed by atoms with van der Waals surface area (Å²) >= 11 is 0. The molecule has 4 nitrogen and oxygen atoms in total. The minimum Gasteiger partial charge on any atom is -0.478 e. The second-order valence-corrected chi connectivity index (χ2v) is 4.64. The van der Waals surface area contributed by atoms with E-state index < -0.39 is 11.9 Å². The van der Waals surface area contributed by atoms with Gasteiger partial charge in [0.2, 0.25) is 0 Å². The maximum atomic E-state index is 11.7. The van der Waals surface area contributed by atoms with E-state index >= 15 is 0 Å². The Bertz CT molecular complexity index is 660. The molecule has 0 saturated carbocycles. The van der Waals surface area contributed by atoms with Gasteiger partial charge in [0.15, 0.2) is 0 Å². The lowest BCUT2D eigenvalue weighted by molar-refractivity contribution is -0.143. The number of benzene rings is 2. The van der Waals surface area contributed by atoms with Crippen molar-refractivity contribution in [3.63, 3.8) is 0 Å². The predicted octanol–water partition coefficient (Wildman–Crippen LogP) is 3.29. The summed E-state index contributed by atoms with van der Waals surface area (Å²) in [6, 6.07) is 18.0. The van der Waals surface area contributed by atoms with Gasteiger partial charge in [-0.2, -0.15) is 0 Å². The van der Waals surface area contributed by atoms with Gasteiger partial charge >= 0.3 is 11.9 Å². The zero-order valence-electron chi connectivity index (χ0n) is 11.9. The lowest BCUT2D eigenvalue weighted by atomic mass is 10.1. The number of aliphatic carboxylic acids is 1. The van der Waals surface area contributed by atoms with Crippen molar-refractivity contribution in [2.45, 2.75) is 13.0 Å². The van der Waals surface area contributed by atoms with Crippen molar-refractivity contribution in [1.82, 2.24) is 0 Å². The van der Waals surface area contributed by atoms with E-state index in [1.807, 2.05) is 30.3 Å². The molecule has 2 rings (SSSR count). The summed E-state index contributed by atoms with van der Waals surface area (Å²) in [5, 5.41) is 9.23. The highest BCUT2D eigenvalue weighted by Gasteiger charge is 2.11. The number of esters is 1. The van der Waals surface area contributed by atoms with E-state index in [9.17, 15) is 14.7 Å². The molecule has 0 aliphatic rings. The standard InChI is InChI=1S/C18H16O4/c19-17(22-13-14-7-3-1-4-8-14)12-11-16(18(20)21)15-9-5-2-6-10-15/h1-11H,12-13H2,(H,20,21)/b16-11+. The minimum atomic E-state index is -1.07. The van der Waals surface area contributed by atoms with Crippen molar-refractivity contribution in [1.29, 1.82) is 0 Å². The fraction of sp³-hybridized carbons (Fsp3) is 0.111. The molecule has 0 unspecified atom stereocenters. The Labute approximate surface area is 128 Å². The van der Waals surface area contributed by atoms with E-state index in [4.69, 9.17) is 4.74 Å². The average molecular weight is 296 g/mol. The first-order chi connectivity index (χ1) is 10.7. The van der Waals surface area contributed by atoms with E-state index in [2.05, 4.69) is 0 Å². The Kier molecular flexibility index (Phi) is 5.49. The van der Waals surface area contributed by atoms with Crippen LogP contribution >= 0.6 is 0 Å². The second-order valence-electron chi connectivity index (χ2n) is 4.64. The number of ether oxygens (including phenoxy) is 1. The molecule has 2 aromatic rings. The van der Waals surface area contributed by atoms with E-state index in [-0.39, 0.29) is 18.6 Å². The number of carboxylic acids is 1. The average Bonchev–Trinajstić information content (AvgIpc) is 2.55. The third kappa shape index (κ3) is 4.59. The smallest absolute Gasteiger partial charge is 0.335 e. The van der Waals surface area contributed by atoms with Gasteiger partial charge in [-0.05, 0) is 11.1 Å². The first-order valence-electron chi connectivity index (χ1n) is 6.85. The number of carbonyl (C=O) groups is 2. The number of rotatable bonds is 6. The van der Waals surface area contributed by atoms with Gasteiger partial charge in [-0.3, -0.25) is 4.79 Å². The van der Waals surface area contributed by atoms with Crippen molar-refractivity contribution in [3.05, 3.63) is 77.9 Å². The minimum absolute atomic E-state index is 0.0800. The lowest BCUT2D eigenvalue weighted by Crippen LogP contribution is -2.05. The van der Waals surface area contributed by atoms with Crippen LogP contribution in [-0.2, 0) is 20.9 Å². The van der Waals surface area contributed by atoms with Gasteiger partial charge in [-0.1, -0.05) is 66.7 Å². The van der Waals surface area contributed by atoms with Crippen molar-refractivity contribution in [3.8, 4) is 0 Å². The Morgan fingerprint density at radius 2 is 1.55 bits per heavy atom. The number of hydrogen-bond donors (Lipinski definition) is 1. The fourth-order valence-electron chi connectivity index (χ4n) is 1.93. The lowest BCUT2D eigenvalue weighted by Gasteiger charge is -2.05. The summed E-state index contributed by atoms with van der Waals surface area (Å²) in [6.45, 7) is 0.182. The first kappa shape index (κ1) is 15.5. The highest BCUT2D eigenvalue weighted by molar-refractivity contribution is 6.15. The largest absolute Gasteiger partial charge is 0.478 e. The summed E-state index contributed by atoms with van der Waals surface area (Å²) in [7, 11) is 0. The van der Waals surface area contributed by atoms with Crippen LogP contribution in [0.15, 0.2) is 66.7 Å². The van der Waals surface area contributed by atoms with Crippen molar-refractivity contribution >= 4 is 17.5 Å². The summed E-state index contributed by atoms with van der Waals surface area (Å²) in [4.78, 5) is 23.0. The van der Waals surface area contributed by atoms with Crippen LogP contribution < -0.4 is 0 Å². The van der Waals surface area contributed by atoms with E-state index in [1.165, 1.54) is 6.08 Å². The van der Waals surface area contributed by atoms with E-state index in [0.29, 0.717) is 5.56 Å². The molecule has 0 heterocycles. The molecule has 0 atom stereocenters. The Morgan fingerprint density at radius 1 is 0.955 bits per heavy atom. The number of carbonyl (C=O) groups excluding carboxylic acids is 1. The molecule has 0 amide bonds. The van der Waals surface area contributed by atoms with Crippen LogP contribution in [0.5, 0.6) is 0 Å². The van der Waals surface area contributed by atoms with Crippen LogP contribution in [0.25, 0.3) is 5.57 Å². The molecule has 0 saturated heterocycles. The molecule has 0 aromatic heterocycles. The third-order valence-electron chi connectivity index (χ3n) is 3.03. The van der Waals surface area contributed by atoms with Gasteiger partial charge in [0.25, 0.3) is 0 Å². The Morgan fingerprint density at radius 3 is 2.14 bits per heavy atom. The Hall–Kier alpha value is -2.88. The predicted molar refractivity (Wildman–Crippen MR) is 82.9 cm³/mol. The molecule has 2 aromatic carbocycles. The molecule has 4 heteroatoms. The molecule has 0 aliphatic carbocycles. The van der Waals surface area contributed by atoms with Gasteiger partial charge in [0.05, 0.1) is 12.0 Å². The second kappa shape index (κ2) is 7.78. The van der Waals surface area contributed by atoms with Crippen LogP contribution in [-0.4, -0.2) is 17.0 Å². The number of hydrogen-bond acceptors (Lipinski definition) is 3. The van der Waals surface area contributed by atoms with Crippen molar-refractivity contribution in [2.24, 2.45) is 0 Å². The van der Waals surface area contributed by atoms with Crippen LogP contribution in [0.1, 0.15) is 17.5 Å². The summed E-state index contributed by atoms with van der Waals surface area (Å²) in [5.74, 6) is -1.53. The zero-order valence-corrected chi connectivity index (χ0v) is 11.9. The highest BCUT2D eigenvalue weighted by Crippen LogP contribution is 2.15. The molecular weight excluding hydrogens is 280 g/mol. The molecule has 1 N–H and O–H groups in total. The molecule has 0 radical (unpaired) electrons. The molecule has 0 spiro atoms. The zero-order chi connectivity index (χ0) is 15.8. The van der Waals surface area contributed by atoms with E-state index in [0.717, 1.165) is 5.56 Å². The maximum absolute atomic E-state index is 11.7. The van der Waals surface area contributed by atoms with Gasteiger partial charge in [-0.25, -0.2) is 4.79 Å². The molecule has 0 bridgehead atoms. The Balaban J connectivity index is 1.96. The summed E-state index contributed by atoms with van der Waals surface area (Å²) in [6.07, 6.45) is 1.30. The summed E-state index contributed by atoms with van der Waals surface area (Å²) < 4.78 is 5.12. The van der Waals surface area contributed by atoms with Crippen LogP contribution in [0.4, 0.5) is 0 Å². The summed E-state index contributed by atoms with van der Waals surface area (Å²) in [5.41, 5.74) is 1.55. The third-order valence-corrected chi connectivity index (χ3v) is 3.03. The van der Waals surface area contributed by atoms with Gasteiger partial charge in [-0.15, -0.1) is 0 Å². The van der Waals surface area contributed by atoms with Crippen molar-refractivity contribution < 1.29 is 19.4 Å².